The molecule has 3 rings (SSSR count). The van der Waals surface area contributed by atoms with Crippen molar-refractivity contribution < 1.29 is 4.43 Å². The molecule has 0 fully saturated rings. The van der Waals surface area contributed by atoms with Gasteiger partial charge in [0, 0.05) is 11.0 Å². The number of benzene rings is 1. The predicted molar refractivity (Wildman–Crippen MR) is 81.6 cm³/mol. The largest absolute Gasteiger partial charge is 0.805 e. The third-order valence-electron chi connectivity index (χ3n) is 3.52. The van der Waals surface area contributed by atoms with Crippen LogP contribution in [0.4, 0.5) is 0 Å². The van der Waals surface area contributed by atoms with E-state index in [2.05, 4.69) is 0 Å². The van der Waals surface area contributed by atoms with Gasteiger partial charge in [-0.25, -0.2) is 0 Å². The highest BCUT2D eigenvalue weighted by Gasteiger charge is 2.24. The molecule has 1 aromatic carbocycles. The fourth-order valence-electron chi connectivity index (χ4n) is 2.27. The van der Waals surface area contributed by atoms with Crippen molar-refractivity contribution in [1.29, 1.82) is 5.26 Å². The normalized spacial score (nSPS) is 10.7. The minimum absolute atomic E-state index is 0.109. The van der Waals surface area contributed by atoms with E-state index in [9.17, 15) is 15.4 Å². The lowest BCUT2D eigenvalue weighted by Crippen LogP contribution is -2.25. The van der Waals surface area contributed by atoms with Gasteiger partial charge >= 0.3 is 5.69 Å². The monoisotopic (exact) mass is 297 g/mol. The third kappa shape index (κ3) is 1.90. The highest BCUT2D eigenvalue weighted by Crippen LogP contribution is 2.29. The Kier molecular flexibility index (Phi) is 3.00. The van der Waals surface area contributed by atoms with Crippen LogP contribution in [0.2, 0.25) is 0 Å². The highest BCUT2D eigenvalue weighted by molar-refractivity contribution is 7.13. The van der Waals surface area contributed by atoms with Gasteiger partial charge in [0.1, 0.15) is 11.2 Å². The van der Waals surface area contributed by atoms with Crippen molar-refractivity contribution in [2.45, 2.75) is 13.8 Å². The number of hydrogen-bond donors (Lipinski definition) is 0. The van der Waals surface area contributed by atoms with E-state index in [4.69, 9.17) is 0 Å². The van der Waals surface area contributed by atoms with Crippen LogP contribution in [0.1, 0.15) is 16.8 Å². The number of aromatic nitrogens is 2. The molecule has 2 aromatic heterocycles. The van der Waals surface area contributed by atoms with Gasteiger partial charge in [-0.1, -0.05) is 6.07 Å². The summed E-state index contributed by atoms with van der Waals surface area (Å²) in [5, 5.41) is 23.7. The second-order valence-electron chi connectivity index (χ2n) is 4.80. The molecule has 0 N–H and O–H groups in total. The van der Waals surface area contributed by atoms with Crippen molar-refractivity contribution in [3.63, 3.8) is 0 Å². The van der Waals surface area contributed by atoms with Crippen LogP contribution in [0.15, 0.2) is 29.6 Å². The first kappa shape index (κ1) is 13.3. The number of nitriles is 1. The number of hydrogen-bond acceptors (Lipinski definition) is 4. The molecule has 0 amide bonds. The topological polar surface area (TPSA) is 74.8 Å². The summed E-state index contributed by atoms with van der Waals surface area (Å²) < 4.78 is 1.23. The zero-order valence-corrected chi connectivity index (χ0v) is 12.3. The van der Waals surface area contributed by atoms with E-state index in [1.807, 2.05) is 19.9 Å². The van der Waals surface area contributed by atoms with Crippen LogP contribution in [0.5, 0.6) is 0 Å². The standard InChI is InChI=1S/C15H11N3O2S/c1-9-6-11-12(7-10(9)2)18(20)15(13(8-16)17(11)19)14-4-3-5-21-14/h3-7H,1-2H3. The first-order valence-corrected chi connectivity index (χ1v) is 7.16. The fourth-order valence-corrected chi connectivity index (χ4v) is 3.02. The SMILES string of the molecule is Cc1cc2c(cc1C)[n+](=O)c(C#N)c(-c1cccs1)n2[O-]. The summed E-state index contributed by atoms with van der Waals surface area (Å²) in [5.74, 6) is 0. The van der Waals surface area contributed by atoms with Gasteiger partial charge in [-0.2, -0.15) is 5.26 Å². The Balaban J connectivity index is 2.56. The summed E-state index contributed by atoms with van der Waals surface area (Å²) in [6.07, 6.45) is 0. The Morgan fingerprint density at radius 3 is 2.67 bits per heavy atom. The van der Waals surface area contributed by atoms with Crippen LogP contribution in [0.25, 0.3) is 21.6 Å². The summed E-state index contributed by atoms with van der Waals surface area (Å²) >= 11 is 1.32. The molecule has 104 valence electrons. The molecule has 0 bridgehead atoms. The minimum Gasteiger partial charge on any atom is -0.805 e. The van der Waals surface area contributed by atoms with E-state index in [0.29, 0.717) is 14.0 Å². The van der Waals surface area contributed by atoms with E-state index >= 15 is 0 Å². The first-order valence-electron chi connectivity index (χ1n) is 6.28. The van der Waals surface area contributed by atoms with Gasteiger partial charge in [-0.15, -0.1) is 11.3 Å². The van der Waals surface area contributed by atoms with Gasteiger partial charge in [0.25, 0.3) is 5.52 Å². The van der Waals surface area contributed by atoms with E-state index < -0.39 is 0 Å². The molecule has 2 heterocycles. The quantitative estimate of drug-likeness (QED) is 0.648. The van der Waals surface area contributed by atoms with Gasteiger partial charge in [0.05, 0.1) is 9.30 Å². The molecule has 0 aliphatic rings. The number of rotatable bonds is 1. The van der Waals surface area contributed by atoms with E-state index in [-0.39, 0.29) is 22.4 Å². The Labute approximate surface area is 124 Å². The first-order chi connectivity index (χ1) is 10.0. The third-order valence-corrected chi connectivity index (χ3v) is 4.40. The van der Waals surface area contributed by atoms with Gasteiger partial charge in [0.2, 0.25) is 0 Å². The van der Waals surface area contributed by atoms with Crippen LogP contribution < -0.4 is 4.43 Å². The number of thiophene rings is 1. The summed E-state index contributed by atoms with van der Waals surface area (Å²) in [6, 6.07) is 8.69. The molecule has 6 heteroatoms. The van der Waals surface area contributed by atoms with Crippen LogP contribution in [0, 0.1) is 35.3 Å². The van der Waals surface area contributed by atoms with Crippen LogP contribution in [-0.2, 0) is 0 Å². The summed E-state index contributed by atoms with van der Waals surface area (Å²) in [5.41, 5.74) is 2.25. The van der Waals surface area contributed by atoms with Gasteiger partial charge in [-0.05, 0) is 42.5 Å². The maximum absolute atomic E-state index is 12.6. The van der Waals surface area contributed by atoms with Crippen molar-refractivity contribution in [2.75, 3.05) is 0 Å². The van der Waals surface area contributed by atoms with Crippen molar-refractivity contribution in [3.8, 4) is 16.6 Å². The van der Waals surface area contributed by atoms with Crippen molar-refractivity contribution in [2.24, 2.45) is 0 Å². The Bertz CT molecular complexity index is 950. The van der Waals surface area contributed by atoms with Crippen molar-refractivity contribution in [3.05, 3.63) is 56.6 Å². The molecule has 0 aliphatic heterocycles. The van der Waals surface area contributed by atoms with E-state index in [1.165, 1.54) is 11.3 Å². The molecule has 5 nitrogen and oxygen atoms in total. The average molecular weight is 297 g/mol. The second kappa shape index (κ2) is 4.72. The zero-order chi connectivity index (χ0) is 15.1. The second-order valence-corrected chi connectivity index (χ2v) is 5.75. The maximum atomic E-state index is 12.6. The van der Waals surface area contributed by atoms with Gasteiger partial charge < -0.3 is 9.94 Å². The molecule has 0 radical (unpaired) electrons. The van der Waals surface area contributed by atoms with Crippen LogP contribution >= 0.6 is 11.3 Å². The molecular weight excluding hydrogens is 286 g/mol. The van der Waals surface area contributed by atoms with Gasteiger partial charge in [0.15, 0.2) is 6.07 Å². The van der Waals surface area contributed by atoms with Crippen LogP contribution in [0.3, 0.4) is 0 Å². The molecule has 0 spiro atoms. The average Bonchev–Trinajstić information content (AvgIpc) is 2.98. The van der Waals surface area contributed by atoms with Crippen molar-refractivity contribution in [1.82, 2.24) is 4.73 Å². The van der Waals surface area contributed by atoms with E-state index in [0.717, 1.165) is 11.1 Å². The molecule has 0 atom stereocenters. The Hall–Kier alpha value is -2.65. The number of nitrogens with zero attached hydrogens (tertiary/aromatic N) is 3. The lowest BCUT2D eigenvalue weighted by Gasteiger charge is -2.17. The zero-order valence-electron chi connectivity index (χ0n) is 11.5. The molecule has 21 heavy (non-hydrogen) atoms. The summed E-state index contributed by atoms with van der Waals surface area (Å²) in [6.45, 7) is 3.75. The number of aryl methyl sites for hydroxylation is 2. The highest BCUT2D eigenvalue weighted by atomic mass is 32.1. The Morgan fingerprint density at radius 1 is 1.33 bits per heavy atom. The summed E-state index contributed by atoms with van der Waals surface area (Å²) in [7, 11) is 0. The van der Waals surface area contributed by atoms with Crippen LogP contribution in [-0.4, -0.2) is 4.73 Å². The van der Waals surface area contributed by atoms with Gasteiger partial charge in [-0.3, -0.25) is 0 Å². The molecule has 3 aromatic rings. The molecule has 0 saturated heterocycles. The summed E-state index contributed by atoms with van der Waals surface area (Å²) in [4.78, 5) is 13.0. The maximum Gasteiger partial charge on any atom is 0.364 e. The van der Waals surface area contributed by atoms with Crippen molar-refractivity contribution >= 4 is 22.4 Å². The minimum atomic E-state index is -0.178. The lowest BCUT2D eigenvalue weighted by molar-refractivity contribution is -0.467. The van der Waals surface area contributed by atoms with E-state index in [1.54, 1.807) is 29.6 Å². The number of fused-ring (bicyclic) bond motifs is 1. The predicted octanol–water partition coefficient (Wildman–Crippen LogP) is 3.12. The molecule has 0 unspecified atom stereocenters. The smallest absolute Gasteiger partial charge is 0.364 e. The lowest BCUT2D eigenvalue weighted by atomic mass is 10.1. The molecular formula is C15H11N3O2S. The molecule has 0 aliphatic carbocycles. The Morgan fingerprint density at radius 2 is 2.05 bits per heavy atom. The fraction of sp³-hybridized carbons (Fsp3) is 0.133. The molecule has 0 saturated carbocycles.